The fourth-order valence-electron chi connectivity index (χ4n) is 5.22. The third kappa shape index (κ3) is 8.86. The van der Waals surface area contributed by atoms with Gasteiger partial charge in [-0.1, -0.05) is 71.9 Å². The third-order valence-electron chi connectivity index (χ3n) is 7.36. The van der Waals surface area contributed by atoms with Crippen LogP contribution >= 0.6 is 0 Å². The maximum atomic E-state index is 13.0. The van der Waals surface area contributed by atoms with E-state index in [1.807, 2.05) is 55.8 Å². The summed E-state index contributed by atoms with van der Waals surface area (Å²) in [4.78, 5) is 14.7. The molecule has 2 unspecified atom stereocenters. The number of piperidine rings is 1. The molecule has 4 aromatic rings. The first-order valence-electron chi connectivity index (χ1n) is 15.0. The van der Waals surface area contributed by atoms with E-state index in [0.717, 1.165) is 23.2 Å². The molecule has 5 rings (SSSR count). The first kappa shape index (κ1) is 30.7. The molecular formula is C34H42N4O5. The quantitative estimate of drug-likeness (QED) is 0.180. The predicted octanol–water partition coefficient (Wildman–Crippen LogP) is 6.32. The number of aromatic nitrogens is 3. The number of benzene rings is 3. The van der Waals surface area contributed by atoms with Crippen LogP contribution in [0.4, 0.5) is 4.79 Å². The molecule has 228 valence electrons. The molecule has 9 nitrogen and oxygen atoms in total. The first-order chi connectivity index (χ1) is 20.9. The molecule has 2 atom stereocenters. The highest BCUT2D eigenvalue weighted by Gasteiger charge is 2.36. The lowest BCUT2D eigenvalue weighted by atomic mass is 10.0. The van der Waals surface area contributed by atoms with E-state index in [1.54, 1.807) is 11.1 Å². The second kappa shape index (κ2) is 14.6. The van der Waals surface area contributed by atoms with Crippen molar-refractivity contribution >= 4 is 16.9 Å². The van der Waals surface area contributed by atoms with E-state index in [4.69, 9.17) is 18.9 Å². The van der Waals surface area contributed by atoms with Crippen LogP contribution in [-0.4, -0.2) is 64.0 Å². The summed E-state index contributed by atoms with van der Waals surface area (Å²) in [5.41, 5.74) is 2.54. The molecule has 1 aromatic heterocycles. The van der Waals surface area contributed by atoms with Crippen molar-refractivity contribution in [3.63, 3.8) is 0 Å². The Morgan fingerprint density at radius 1 is 0.884 bits per heavy atom. The highest BCUT2D eigenvalue weighted by Crippen LogP contribution is 2.29. The molecule has 0 saturated carbocycles. The number of nitrogens with zero attached hydrogens (tertiary/aromatic N) is 4. The number of fused-ring (bicyclic) bond motifs is 1. The van der Waals surface area contributed by atoms with E-state index < -0.39 is 5.60 Å². The summed E-state index contributed by atoms with van der Waals surface area (Å²) in [7, 11) is 0. The van der Waals surface area contributed by atoms with Gasteiger partial charge in [-0.3, -0.25) is 0 Å². The minimum absolute atomic E-state index is 0.102. The van der Waals surface area contributed by atoms with Gasteiger partial charge in [0.05, 0.1) is 50.4 Å². The molecular weight excluding hydrogens is 544 g/mol. The molecule has 43 heavy (non-hydrogen) atoms. The van der Waals surface area contributed by atoms with Gasteiger partial charge in [0.2, 0.25) is 0 Å². The van der Waals surface area contributed by atoms with Crippen molar-refractivity contribution in [3.8, 4) is 0 Å². The Morgan fingerprint density at radius 2 is 1.63 bits per heavy atom. The lowest BCUT2D eigenvalue weighted by molar-refractivity contribution is -0.0532. The van der Waals surface area contributed by atoms with Crippen LogP contribution in [0.5, 0.6) is 0 Å². The summed E-state index contributed by atoms with van der Waals surface area (Å²) >= 11 is 0. The molecule has 1 saturated heterocycles. The van der Waals surface area contributed by atoms with Crippen molar-refractivity contribution in [3.05, 3.63) is 95.8 Å². The molecule has 0 radical (unpaired) electrons. The zero-order valence-electron chi connectivity index (χ0n) is 25.4. The van der Waals surface area contributed by atoms with Crippen LogP contribution in [0.25, 0.3) is 10.8 Å². The average molecular weight is 587 g/mol. The number of hydrogen-bond donors (Lipinski definition) is 0. The normalized spacial score (nSPS) is 17.3. The zero-order valence-corrected chi connectivity index (χ0v) is 25.4. The summed E-state index contributed by atoms with van der Waals surface area (Å²) in [6.07, 6.45) is 2.55. The van der Waals surface area contributed by atoms with Crippen LogP contribution in [0.3, 0.4) is 0 Å². The Bertz CT molecular complexity index is 1450. The van der Waals surface area contributed by atoms with Crippen molar-refractivity contribution in [1.29, 1.82) is 0 Å². The Balaban J connectivity index is 1.19. The van der Waals surface area contributed by atoms with Crippen molar-refractivity contribution < 1.29 is 23.7 Å². The molecule has 9 heteroatoms. The summed E-state index contributed by atoms with van der Waals surface area (Å²) in [6, 6.07) is 24.7. The van der Waals surface area contributed by atoms with Crippen molar-refractivity contribution in [2.24, 2.45) is 0 Å². The Hall–Kier alpha value is -3.79. The maximum Gasteiger partial charge on any atom is 0.410 e. The van der Waals surface area contributed by atoms with Crippen LogP contribution in [0.15, 0.2) is 79.0 Å². The molecule has 1 fully saturated rings. The van der Waals surface area contributed by atoms with E-state index in [9.17, 15) is 4.79 Å². The molecule has 0 spiro atoms. The number of carbonyl (C=O) groups is 1. The number of ether oxygens (including phenoxy) is 4. The van der Waals surface area contributed by atoms with Crippen LogP contribution in [-0.2, 0) is 38.8 Å². The van der Waals surface area contributed by atoms with Crippen LogP contribution in [0, 0.1) is 0 Å². The summed E-state index contributed by atoms with van der Waals surface area (Å²) in [6.45, 7) is 9.15. The number of amides is 1. The topological polar surface area (TPSA) is 87.9 Å². The monoisotopic (exact) mass is 586 g/mol. The second-order valence-electron chi connectivity index (χ2n) is 11.9. The van der Waals surface area contributed by atoms with Gasteiger partial charge in [0.1, 0.15) is 5.60 Å². The van der Waals surface area contributed by atoms with Gasteiger partial charge >= 0.3 is 6.09 Å². The van der Waals surface area contributed by atoms with E-state index >= 15 is 0 Å². The lowest BCUT2D eigenvalue weighted by Gasteiger charge is -2.39. The second-order valence-corrected chi connectivity index (χ2v) is 11.9. The summed E-state index contributed by atoms with van der Waals surface area (Å²) in [5.74, 6) is 0. The van der Waals surface area contributed by atoms with E-state index in [2.05, 4.69) is 52.8 Å². The van der Waals surface area contributed by atoms with Crippen molar-refractivity contribution in [2.45, 2.75) is 71.2 Å². The average Bonchev–Trinajstić information content (AvgIpc) is 3.47. The van der Waals surface area contributed by atoms with Gasteiger partial charge in [-0.05, 0) is 61.6 Å². The summed E-state index contributed by atoms with van der Waals surface area (Å²) < 4.78 is 25.9. The minimum atomic E-state index is -0.571. The van der Waals surface area contributed by atoms with E-state index in [-0.39, 0.29) is 18.2 Å². The highest BCUT2D eigenvalue weighted by atomic mass is 16.6. The van der Waals surface area contributed by atoms with Crippen molar-refractivity contribution in [2.75, 3.05) is 26.3 Å². The largest absolute Gasteiger partial charge is 0.444 e. The smallest absolute Gasteiger partial charge is 0.410 e. The SMILES string of the molecule is CC(C)(C)OC(=O)N1CCC(n2nncc2COCCCOCc2ccccc2)C(OCc2ccc3ccccc3c2)C1. The molecule has 1 aliphatic heterocycles. The number of hydrogen-bond acceptors (Lipinski definition) is 7. The number of likely N-dealkylation sites (tertiary alicyclic amines) is 1. The Morgan fingerprint density at radius 3 is 2.42 bits per heavy atom. The molecule has 0 bridgehead atoms. The van der Waals surface area contributed by atoms with Gasteiger partial charge in [0.25, 0.3) is 0 Å². The van der Waals surface area contributed by atoms with Gasteiger partial charge in [0.15, 0.2) is 0 Å². The van der Waals surface area contributed by atoms with Crippen LogP contribution in [0.1, 0.15) is 56.5 Å². The third-order valence-corrected chi connectivity index (χ3v) is 7.36. The minimum Gasteiger partial charge on any atom is -0.444 e. The fraction of sp³-hybridized carbons (Fsp3) is 0.441. The molecule has 2 heterocycles. The van der Waals surface area contributed by atoms with Crippen LogP contribution < -0.4 is 0 Å². The number of rotatable bonds is 12. The van der Waals surface area contributed by atoms with E-state index in [0.29, 0.717) is 52.5 Å². The first-order valence-corrected chi connectivity index (χ1v) is 15.0. The van der Waals surface area contributed by atoms with Gasteiger partial charge in [-0.15, -0.1) is 5.10 Å². The van der Waals surface area contributed by atoms with Gasteiger partial charge in [0, 0.05) is 19.8 Å². The van der Waals surface area contributed by atoms with Gasteiger partial charge < -0.3 is 23.8 Å². The van der Waals surface area contributed by atoms with Gasteiger partial charge in [-0.25, -0.2) is 9.48 Å². The predicted molar refractivity (Wildman–Crippen MR) is 164 cm³/mol. The maximum absolute atomic E-state index is 13.0. The van der Waals surface area contributed by atoms with Crippen molar-refractivity contribution in [1.82, 2.24) is 19.9 Å². The Kier molecular flexibility index (Phi) is 10.4. The molecule has 3 aromatic carbocycles. The van der Waals surface area contributed by atoms with Crippen LogP contribution in [0.2, 0.25) is 0 Å². The lowest BCUT2D eigenvalue weighted by Crippen LogP contribution is -2.50. The Labute approximate surface area is 253 Å². The molecule has 0 aliphatic carbocycles. The highest BCUT2D eigenvalue weighted by molar-refractivity contribution is 5.82. The van der Waals surface area contributed by atoms with E-state index in [1.165, 1.54) is 10.8 Å². The van der Waals surface area contributed by atoms with Gasteiger partial charge in [-0.2, -0.15) is 0 Å². The molecule has 1 amide bonds. The summed E-state index contributed by atoms with van der Waals surface area (Å²) in [5, 5.41) is 11.0. The number of carbonyl (C=O) groups excluding carboxylic acids is 1. The molecule has 0 N–H and O–H groups in total. The standard InChI is InChI=1S/C34H42N4O5/c1-34(2,3)43-33(39)37-17-16-31(32(22-37)42-24-27-14-15-28-12-7-8-13-29(28)20-27)38-30(21-35-36-38)25-41-19-9-18-40-23-26-10-5-4-6-11-26/h4-8,10-15,20-21,31-32H,9,16-19,22-25H2,1-3H3. The zero-order chi connectivity index (χ0) is 30.1. The fourth-order valence-corrected chi connectivity index (χ4v) is 5.22. The molecule has 1 aliphatic rings.